The molecule has 0 spiro atoms. The van der Waals surface area contributed by atoms with E-state index in [4.69, 9.17) is 5.11 Å². The van der Waals surface area contributed by atoms with Crippen molar-refractivity contribution in [1.29, 1.82) is 0 Å². The van der Waals surface area contributed by atoms with Crippen LogP contribution in [0.4, 0.5) is 10.7 Å². The largest absolute Gasteiger partial charge is 0.478 e. The first-order chi connectivity index (χ1) is 12.9. The normalized spacial score (nSPS) is 15.5. The van der Waals surface area contributed by atoms with Gasteiger partial charge in [-0.05, 0) is 24.1 Å². The number of para-hydroxylation sites is 1. The fourth-order valence-electron chi connectivity index (χ4n) is 2.77. The van der Waals surface area contributed by atoms with Crippen molar-refractivity contribution in [2.24, 2.45) is 0 Å². The molecule has 1 aromatic carbocycles. The Balaban J connectivity index is 1.83. The van der Waals surface area contributed by atoms with E-state index in [1.807, 2.05) is 6.07 Å². The quantitative estimate of drug-likeness (QED) is 0.493. The van der Waals surface area contributed by atoms with Crippen LogP contribution in [-0.4, -0.2) is 40.0 Å². The van der Waals surface area contributed by atoms with Crippen molar-refractivity contribution in [2.75, 3.05) is 10.6 Å². The number of rotatable bonds is 4. The predicted molar refractivity (Wildman–Crippen MR) is 96.9 cm³/mol. The number of carboxylic acids is 2. The lowest BCUT2D eigenvalue weighted by Crippen LogP contribution is -2.44. The summed E-state index contributed by atoms with van der Waals surface area (Å²) >= 11 is 0.983. The monoisotopic (exact) mass is 389 g/mol. The number of aliphatic carboxylic acids is 1. The minimum absolute atomic E-state index is 0.0502. The average molecular weight is 389 g/mol. The van der Waals surface area contributed by atoms with Gasteiger partial charge in [-0.1, -0.05) is 18.2 Å². The molecule has 0 bridgehead atoms. The van der Waals surface area contributed by atoms with E-state index in [1.165, 1.54) is 0 Å². The van der Waals surface area contributed by atoms with Gasteiger partial charge in [0.05, 0.1) is 11.6 Å². The van der Waals surface area contributed by atoms with E-state index in [9.17, 15) is 24.3 Å². The van der Waals surface area contributed by atoms with E-state index < -0.39 is 23.9 Å². The zero-order valence-electron chi connectivity index (χ0n) is 13.8. The Bertz CT molecular complexity index is 924. The molecule has 1 aliphatic rings. The summed E-state index contributed by atoms with van der Waals surface area (Å²) in [6, 6.07) is 8.19. The summed E-state index contributed by atoms with van der Waals surface area (Å²) in [4.78, 5) is 46.9. The van der Waals surface area contributed by atoms with Gasteiger partial charge in [0.15, 0.2) is 0 Å². The molecule has 9 nitrogen and oxygen atoms in total. The topological polar surface area (TPSA) is 145 Å². The first-order valence-electron chi connectivity index (χ1n) is 7.88. The van der Waals surface area contributed by atoms with Gasteiger partial charge >= 0.3 is 17.8 Å². The lowest BCUT2D eigenvalue weighted by atomic mass is 9.97. The van der Waals surface area contributed by atoms with Gasteiger partial charge in [0.2, 0.25) is 5.91 Å². The van der Waals surface area contributed by atoms with Crippen molar-refractivity contribution in [2.45, 2.75) is 19.0 Å². The number of thiophene rings is 1. The molecule has 0 unspecified atom stereocenters. The van der Waals surface area contributed by atoms with Crippen LogP contribution < -0.4 is 16.0 Å². The van der Waals surface area contributed by atoms with Gasteiger partial charge in [-0.25, -0.2) is 9.59 Å². The standard InChI is InChI=1S/C17H15N3O6S/c21-13(19-8-4-2-1-3-5-8)10-6-9-11(7-18-10)27-15(12(9)16(23)24)20-14(22)17(25)26/h1-5,10,18H,6-7H2,(H,19,21)(H,20,22)(H,23,24)(H,25,26)/t10-/m0/s1. The first-order valence-corrected chi connectivity index (χ1v) is 8.70. The minimum atomic E-state index is -1.71. The second kappa shape index (κ2) is 7.56. The lowest BCUT2D eigenvalue weighted by molar-refractivity contribution is -0.147. The molecule has 1 aromatic heterocycles. The Morgan fingerprint density at radius 2 is 1.78 bits per heavy atom. The van der Waals surface area contributed by atoms with Crippen LogP contribution >= 0.6 is 11.3 Å². The smallest absolute Gasteiger partial charge is 0.394 e. The molecule has 3 rings (SSSR count). The summed E-state index contributed by atoms with van der Waals surface area (Å²) in [6.07, 6.45) is 0.106. The molecule has 0 radical (unpaired) electrons. The molecule has 27 heavy (non-hydrogen) atoms. The van der Waals surface area contributed by atoms with E-state index in [-0.39, 0.29) is 29.4 Å². The highest BCUT2D eigenvalue weighted by Crippen LogP contribution is 2.36. The molecule has 0 aliphatic carbocycles. The van der Waals surface area contributed by atoms with Gasteiger partial charge in [0.1, 0.15) is 5.00 Å². The van der Waals surface area contributed by atoms with Crippen molar-refractivity contribution in [3.05, 3.63) is 46.3 Å². The summed E-state index contributed by atoms with van der Waals surface area (Å²) in [7, 11) is 0. The Morgan fingerprint density at radius 3 is 2.41 bits per heavy atom. The number of amides is 2. The SMILES string of the molecule is O=C(O)C(=O)Nc1sc2c(c1C(=O)O)C[C@@H](C(=O)Nc1ccccc1)NC2. The highest BCUT2D eigenvalue weighted by Gasteiger charge is 2.32. The molecule has 2 amide bonds. The number of carboxylic acid groups (broad SMARTS) is 2. The van der Waals surface area contributed by atoms with E-state index in [2.05, 4.69) is 16.0 Å². The highest BCUT2D eigenvalue weighted by atomic mass is 32.1. The predicted octanol–water partition coefficient (Wildman–Crippen LogP) is 1.12. The van der Waals surface area contributed by atoms with Crippen molar-refractivity contribution in [3.8, 4) is 0 Å². The fraction of sp³-hybridized carbons (Fsp3) is 0.176. The zero-order valence-corrected chi connectivity index (χ0v) is 14.6. The Hall–Kier alpha value is -3.24. The second-order valence-electron chi connectivity index (χ2n) is 5.77. The number of benzene rings is 1. The molecule has 10 heteroatoms. The number of hydrogen-bond acceptors (Lipinski definition) is 6. The number of hydrogen-bond donors (Lipinski definition) is 5. The third-order valence-corrected chi connectivity index (χ3v) is 5.15. The molecular weight excluding hydrogens is 374 g/mol. The number of nitrogens with one attached hydrogen (secondary N) is 3. The first kappa shape index (κ1) is 18.5. The number of carbonyl (C=O) groups excluding carboxylic acids is 2. The van der Waals surface area contributed by atoms with Crippen molar-refractivity contribution in [3.63, 3.8) is 0 Å². The van der Waals surface area contributed by atoms with Crippen LogP contribution in [0.5, 0.6) is 0 Å². The van der Waals surface area contributed by atoms with Crippen LogP contribution in [0.3, 0.4) is 0 Å². The molecular formula is C17H15N3O6S. The number of carbonyl (C=O) groups is 4. The Labute approximate surface area is 157 Å². The summed E-state index contributed by atoms with van der Waals surface area (Å²) in [6.45, 7) is 0.232. The molecule has 2 aromatic rings. The summed E-state index contributed by atoms with van der Waals surface area (Å²) in [5, 5.41) is 26.1. The van der Waals surface area contributed by atoms with Crippen LogP contribution in [0.15, 0.2) is 30.3 Å². The van der Waals surface area contributed by atoms with E-state index >= 15 is 0 Å². The van der Waals surface area contributed by atoms with E-state index in [1.54, 1.807) is 24.3 Å². The summed E-state index contributed by atoms with van der Waals surface area (Å²) in [5.74, 6) is -4.64. The van der Waals surface area contributed by atoms with Gasteiger partial charge in [-0.3, -0.25) is 9.59 Å². The van der Waals surface area contributed by atoms with Gasteiger partial charge in [0, 0.05) is 17.1 Å². The zero-order chi connectivity index (χ0) is 19.6. The summed E-state index contributed by atoms with van der Waals surface area (Å²) < 4.78 is 0. The number of anilines is 2. The molecule has 140 valence electrons. The molecule has 0 fully saturated rings. The van der Waals surface area contributed by atoms with Crippen LogP contribution in [0.1, 0.15) is 20.8 Å². The average Bonchev–Trinajstić information content (AvgIpc) is 2.99. The van der Waals surface area contributed by atoms with Crippen molar-refractivity contribution in [1.82, 2.24) is 5.32 Å². The maximum absolute atomic E-state index is 12.5. The molecule has 1 aliphatic heterocycles. The summed E-state index contributed by atoms with van der Waals surface area (Å²) in [5.41, 5.74) is 0.858. The highest BCUT2D eigenvalue weighted by molar-refractivity contribution is 7.17. The van der Waals surface area contributed by atoms with Crippen molar-refractivity contribution < 1.29 is 29.4 Å². The Morgan fingerprint density at radius 1 is 1.07 bits per heavy atom. The van der Waals surface area contributed by atoms with Crippen LogP contribution in [0.2, 0.25) is 0 Å². The van der Waals surface area contributed by atoms with Crippen LogP contribution in [0, 0.1) is 0 Å². The minimum Gasteiger partial charge on any atom is -0.478 e. The molecule has 2 heterocycles. The molecule has 0 saturated heterocycles. The third kappa shape index (κ3) is 3.96. The fourth-order valence-corrected chi connectivity index (χ4v) is 3.94. The van der Waals surface area contributed by atoms with Crippen LogP contribution in [0.25, 0.3) is 0 Å². The van der Waals surface area contributed by atoms with Gasteiger partial charge < -0.3 is 26.2 Å². The lowest BCUT2D eigenvalue weighted by Gasteiger charge is -2.23. The molecule has 1 atom stereocenters. The number of aromatic carboxylic acids is 1. The van der Waals surface area contributed by atoms with E-state index in [0.29, 0.717) is 16.1 Å². The molecule has 0 saturated carbocycles. The number of fused-ring (bicyclic) bond motifs is 1. The Kier molecular flexibility index (Phi) is 5.19. The maximum Gasteiger partial charge on any atom is 0.394 e. The maximum atomic E-state index is 12.5. The van der Waals surface area contributed by atoms with Gasteiger partial charge in [-0.15, -0.1) is 11.3 Å². The third-order valence-electron chi connectivity index (χ3n) is 4.00. The molecule has 5 N–H and O–H groups in total. The van der Waals surface area contributed by atoms with Crippen molar-refractivity contribution >= 4 is 45.8 Å². The van der Waals surface area contributed by atoms with Gasteiger partial charge in [-0.2, -0.15) is 0 Å². The van der Waals surface area contributed by atoms with E-state index in [0.717, 1.165) is 11.3 Å². The van der Waals surface area contributed by atoms with Gasteiger partial charge in [0.25, 0.3) is 0 Å². The van der Waals surface area contributed by atoms with Crippen LogP contribution in [-0.2, 0) is 27.3 Å². The second-order valence-corrected chi connectivity index (χ2v) is 6.87.